The molecular formula is C32H24N2O6. The van der Waals surface area contributed by atoms with E-state index in [2.05, 4.69) is 6.58 Å². The van der Waals surface area contributed by atoms with E-state index in [9.17, 15) is 19.5 Å². The normalized spacial score (nSPS) is 10.7. The molecule has 0 aliphatic carbocycles. The Balaban J connectivity index is 1.55. The Morgan fingerprint density at radius 1 is 1.00 bits per heavy atom. The van der Waals surface area contributed by atoms with Crippen molar-refractivity contribution in [1.29, 1.82) is 0 Å². The maximum absolute atomic E-state index is 13.4. The minimum absolute atomic E-state index is 0.0266. The van der Waals surface area contributed by atoms with Gasteiger partial charge in [0.1, 0.15) is 17.9 Å². The van der Waals surface area contributed by atoms with Crippen LogP contribution in [0.4, 0.5) is 5.69 Å². The molecule has 5 aromatic rings. The number of fused-ring (bicyclic) bond motifs is 1. The number of nitrogens with zero attached hydrogens (tertiary/aromatic N) is 2. The van der Waals surface area contributed by atoms with Crippen LogP contribution in [0, 0.1) is 0 Å². The van der Waals surface area contributed by atoms with Crippen LogP contribution in [0.2, 0.25) is 0 Å². The second-order valence-corrected chi connectivity index (χ2v) is 8.94. The Labute approximate surface area is 229 Å². The lowest BCUT2D eigenvalue weighted by Crippen LogP contribution is -2.27. The van der Waals surface area contributed by atoms with Gasteiger partial charge in [-0.3, -0.25) is 9.59 Å². The van der Waals surface area contributed by atoms with Gasteiger partial charge < -0.3 is 19.2 Å². The van der Waals surface area contributed by atoms with Gasteiger partial charge in [-0.2, -0.15) is 0 Å². The second kappa shape index (κ2) is 11.1. The Hall–Kier alpha value is -5.50. The molecule has 0 fully saturated rings. The van der Waals surface area contributed by atoms with Crippen molar-refractivity contribution >= 4 is 34.9 Å². The Bertz CT molecular complexity index is 1760. The Morgan fingerprint density at radius 2 is 1.80 bits per heavy atom. The fourth-order valence-corrected chi connectivity index (χ4v) is 4.30. The first-order chi connectivity index (χ1) is 19.4. The van der Waals surface area contributed by atoms with Crippen LogP contribution in [0.5, 0.6) is 5.75 Å². The molecule has 0 radical (unpaired) electrons. The molecule has 0 aliphatic heterocycles. The molecule has 0 unspecified atom stereocenters. The highest BCUT2D eigenvalue weighted by atomic mass is 16.5. The highest BCUT2D eigenvalue weighted by Gasteiger charge is 2.22. The predicted molar refractivity (Wildman–Crippen MR) is 152 cm³/mol. The topological polar surface area (TPSA) is 110 Å². The summed E-state index contributed by atoms with van der Waals surface area (Å²) in [5.74, 6) is -0.989. The summed E-state index contributed by atoms with van der Waals surface area (Å²) in [6, 6.07) is 24.5. The molecule has 8 nitrogen and oxygen atoms in total. The average Bonchev–Trinajstić information content (AvgIpc) is 3.42. The lowest BCUT2D eigenvalue weighted by molar-refractivity contribution is 0.0696. The first-order valence-electron chi connectivity index (χ1n) is 12.3. The number of carbonyl (C=O) groups is 3. The van der Waals surface area contributed by atoms with Crippen LogP contribution in [0.3, 0.4) is 0 Å². The molecule has 1 N–H and O–H groups in total. The van der Waals surface area contributed by atoms with E-state index < -0.39 is 11.9 Å². The lowest BCUT2D eigenvalue weighted by Gasteiger charge is -2.20. The molecule has 198 valence electrons. The molecule has 1 amide bonds. The third kappa shape index (κ3) is 5.10. The number of aromatic carboxylic acids is 1. The molecule has 0 atom stereocenters. The zero-order valence-corrected chi connectivity index (χ0v) is 21.5. The van der Waals surface area contributed by atoms with Gasteiger partial charge in [-0.1, -0.05) is 55.1 Å². The summed E-state index contributed by atoms with van der Waals surface area (Å²) in [5, 5.41) is 9.36. The van der Waals surface area contributed by atoms with Gasteiger partial charge in [0.15, 0.2) is 11.9 Å². The largest absolute Gasteiger partial charge is 0.489 e. The number of rotatable bonds is 9. The first-order valence-corrected chi connectivity index (χ1v) is 12.3. The summed E-state index contributed by atoms with van der Waals surface area (Å²) in [4.78, 5) is 42.5. The number of hydrogen-bond acceptors (Lipinski definition) is 6. The number of aldehydes is 1. The Morgan fingerprint density at radius 3 is 2.52 bits per heavy atom. The fourth-order valence-electron chi connectivity index (χ4n) is 4.30. The molecule has 8 heteroatoms. The van der Waals surface area contributed by atoms with Crippen LogP contribution in [-0.4, -0.2) is 41.9 Å². The molecule has 40 heavy (non-hydrogen) atoms. The molecule has 1 aromatic heterocycles. The molecule has 0 saturated carbocycles. The Kier molecular flexibility index (Phi) is 7.24. The molecule has 0 aliphatic rings. The highest BCUT2D eigenvalue weighted by Crippen LogP contribution is 2.36. The molecule has 5 rings (SSSR count). The molecule has 0 spiro atoms. The van der Waals surface area contributed by atoms with Crippen LogP contribution in [0.25, 0.3) is 33.7 Å². The zero-order chi connectivity index (χ0) is 28.2. The van der Waals surface area contributed by atoms with Crippen molar-refractivity contribution in [3.8, 4) is 28.3 Å². The minimum atomic E-state index is -1.20. The number of carboxylic acid groups (broad SMARTS) is 1. The van der Waals surface area contributed by atoms with Gasteiger partial charge in [-0.05, 0) is 53.6 Å². The van der Waals surface area contributed by atoms with E-state index in [4.69, 9.17) is 14.1 Å². The number of benzene rings is 4. The number of amides is 1. The summed E-state index contributed by atoms with van der Waals surface area (Å²) >= 11 is 0. The third-order valence-electron chi connectivity index (χ3n) is 6.39. The van der Waals surface area contributed by atoms with Gasteiger partial charge in [0.2, 0.25) is 5.89 Å². The monoisotopic (exact) mass is 532 g/mol. The van der Waals surface area contributed by atoms with E-state index in [1.54, 1.807) is 24.3 Å². The minimum Gasteiger partial charge on any atom is -0.489 e. The summed E-state index contributed by atoms with van der Waals surface area (Å²) in [5.41, 5.74) is 4.20. The smallest absolute Gasteiger partial charge is 0.335 e. The van der Waals surface area contributed by atoms with Gasteiger partial charge in [0.25, 0.3) is 5.91 Å². The van der Waals surface area contributed by atoms with E-state index in [-0.39, 0.29) is 23.3 Å². The van der Waals surface area contributed by atoms with Crippen LogP contribution >= 0.6 is 0 Å². The van der Waals surface area contributed by atoms with Crippen molar-refractivity contribution in [2.24, 2.45) is 0 Å². The number of carboxylic acids is 1. The molecule has 1 heterocycles. The van der Waals surface area contributed by atoms with E-state index >= 15 is 0 Å². The summed E-state index contributed by atoms with van der Waals surface area (Å²) in [6.07, 6.45) is 2.13. The van der Waals surface area contributed by atoms with Crippen molar-refractivity contribution in [3.05, 3.63) is 114 Å². The van der Waals surface area contributed by atoms with Crippen molar-refractivity contribution in [2.45, 2.75) is 0 Å². The van der Waals surface area contributed by atoms with Gasteiger partial charge in [-0.25, -0.2) is 9.78 Å². The predicted octanol–water partition coefficient (Wildman–Crippen LogP) is 6.51. The zero-order valence-electron chi connectivity index (χ0n) is 21.5. The number of aromatic nitrogens is 1. The van der Waals surface area contributed by atoms with Crippen LogP contribution in [-0.2, 0) is 0 Å². The van der Waals surface area contributed by atoms with Gasteiger partial charge >= 0.3 is 5.97 Å². The molecule has 0 saturated heterocycles. The van der Waals surface area contributed by atoms with Gasteiger partial charge in [0.05, 0.1) is 16.7 Å². The van der Waals surface area contributed by atoms with Crippen molar-refractivity contribution < 1.29 is 28.6 Å². The number of carbonyl (C=O) groups excluding carboxylic acids is 2. The number of ether oxygens (including phenoxy) is 1. The van der Waals surface area contributed by atoms with Crippen LogP contribution < -0.4 is 9.64 Å². The van der Waals surface area contributed by atoms with Crippen molar-refractivity contribution in [3.63, 3.8) is 0 Å². The van der Waals surface area contributed by atoms with Crippen molar-refractivity contribution in [2.75, 3.05) is 18.6 Å². The second-order valence-electron chi connectivity index (χ2n) is 8.94. The van der Waals surface area contributed by atoms with Crippen molar-refractivity contribution in [1.82, 2.24) is 4.98 Å². The third-order valence-corrected chi connectivity index (χ3v) is 6.39. The van der Waals surface area contributed by atoms with E-state index in [0.717, 1.165) is 11.1 Å². The SMILES string of the molecule is C=CCOc1ccc(N(C)C(=O)c2cc(C(=O)O)ccc2C=O)cc1-c1nc2cc(-c3ccccc3)ccc2o1. The van der Waals surface area contributed by atoms with Gasteiger partial charge in [0, 0.05) is 18.3 Å². The summed E-state index contributed by atoms with van der Waals surface area (Å²) in [7, 11) is 1.53. The number of hydrogen-bond donors (Lipinski definition) is 1. The standard InChI is InChI=1S/C32H24N2O6/c1-3-15-39-28-14-12-24(34(2)31(36)25-16-22(32(37)38)9-10-23(25)19-35)18-26(28)30-33-27-17-21(11-13-29(27)40-30)20-7-5-4-6-8-20/h3-14,16-19H,1,15H2,2H3,(H,37,38). The summed E-state index contributed by atoms with van der Waals surface area (Å²) < 4.78 is 11.9. The van der Waals surface area contributed by atoms with Crippen LogP contribution in [0.1, 0.15) is 31.1 Å². The highest BCUT2D eigenvalue weighted by molar-refractivity contribution is 6.11. The number of anilines is 1. The lowest BCUT2D eigenvalue weighted by atomic mass is 10.0. The maximum atomic E-state index is 13.4. The van der Waals surface area contributed by atoms with E-state index in [0.29, 0.717) is 40.3 Å². The molecule has 0 bridgehead atoms. The average molecular weight is 533 g/mol. The quantitative estimate of drug-likeness (QED) is 0.170. The number of oxazole rings is 1. The van der Waals surface area contributed by atoms with Crippen LogP contribution in [0.15, 0.2) is 102 Å². The first kappa shape index (κ1) is 26.1. The van der Waals surface area contributed by atoms with E-state index in [1.165, 1.54) is 30.1 Å². The van der Waals surface area contributed by atoms with E-state index in [1.807, 2.05) is 48.5 Å². The van der Waals surface area contributed by atoms with Gasteiger partial charge in [-0.15, -0.1) is 0 Å². The maximum Gasteiger partial charge on any atom is 0.335 e. The fraction of sp³-hybridized carbons (Fsp3) is 0.0625. The molecular weight excluding hydrogens is 508 g/mol. The molecule has 4 aromatic carbocycles. The summed E-state index contributed by atoms with van der Waals surface area (Å²) in [6.45, 7) is 3.94.